The van der Waals surface area contributed by atoms with Crippen molar-refractivity contribution in [2.75, 3.05) is 46.1 Å². The Balaban J connectivity index is 2.51. The van der Waals surface area contributed by atoms with Crippen LogP contribution in [0, 0.1) is 11.8 Å². The Labute approximate surface area is 310 Å². The molecule has 0 spiro atoms. The lowest BCUT2D eigenvalue weighted by Crippen LogP contribution is -2.51. The number of hydrogen-bond acceptors (Lipinski definition) is 10. The summed E-state index contributed by atoms with van der Waals surface area (Å²) in [5, 5.41) is 9.47. The van der Waals surface area contributed by atoms with Gasteiger partial charge in [0.25, 0.3) is 0 Å². The van der Waals surface area contributed by atoms with Crippen LogP contribution in [0.1, 0.15) is 175 Å². The molecule has 1 N–H and O–H groups in total. The fraction of sp³-hybridized carbons (Fsp3) is 0.902. The monoisotopic (exact) mass is 726 g/mol. The molecule has 0 amide bonds. The molecule has 51 heavy (non-hydrogen) atoms. The zero-order chi connectivity index (χ0) is 37.4. The van der Waals surface area contributed by atoms with Gasteiger partial charge in [0.1, 0.15) is 19.8 Å². The second kappa shape index (κ2) is 32.5. The predicted octanol–water partition coefficient (Wildman–Crippen LogP) is 8.49. The Bertz CT molecular complexity index is 892. The van der Waals surface area contributed by atoms with Gasteiger partial charge in [-0.05, 0) is 32.1 Å². The summed E-state index contributed by atoms with van der Waals surface area (Å²) in [6.45, 7) is 8.60. The second-order valence-electron chi connectivity index (χ2n) is 14.7. The number of rotatable bonds is 35. The summed E-state index contributed by atoms with van der Waals surface area (Å²) in [6.07, 6.45) is 22.5. The molecule has 298 valence electrons. The van der Waals surface area contributed by atoms with Crippen molar-refractivity contribution in [2.24, 2.45) is 11.8 Å². The fourth-order valence-electron chi connectivity index (χ4n) is 6.23. The molecule has 0 aromatic carbocycles. The third kappa shape index (κ3) is 27.1. The average Bonchev–Trinajstić information content (AvgIpc) is 3.11. The molecule has 0 saturated carbocycles. The minimum Gasteiger partial charge on any atom is -0.466 e. The van der Waals surface area contributed by atoms with E-state index in [9.17, 15) is 24.3 Å². The van der Waals surface area contributed by atoms with Gasteiger partial charge in [0.15, 0.2) is 0 Å². The molecule has 1 aliphatic rings. The van der Waals surface area contributed by atoms with Gasteiger partial charge in [-0.1, -0.05) is 124 Å². The predicted molar refractivity (Wildman–Crippen MR) is 201 cm³/mol. The first-order chi connectivity index (χ1) is 24.8. The maximum Gasteiger partial charge on any atom is 0.308 e. The van der Waals surface area contributed by atoms with Gasteiger partial charge in [-0.2, -0.15) is 0 Å². The third-order valence-corrected chi connectivity index (χ3v) is 9.66. The van der Waals surface area contributed by atoms with Crippen LogP contribution in [-0.4, -0.2) is 86.0 Å². The van der Waals surface area contributed by atoms with Crippen LogP contribution in [0.2, 0.25) is 0 Å². The van der Waals surface area contributed by atoms with Crippen LogP contribution in [0.3, 0.4) is 0 Å². The molecule has 1 saturated heterocycles. The molecule has 1 fully saturated rings. The summed E-state index contributed by atoms with van der Waals surface area (Å²) >= 11 is 0. The highest BCUT2D eigenvalue weighted by molar-refractivity contribution is 5.72. The maximum atomic E-state index is 13.3. The minimum atomic E-state index is -0.482. The van der Waals surface area contributed by atoms with Crippen molar-refractivity contribution in [3.8, 4) is 0 Å². The van der Waals surface area contributed by atoms with E-state index >= 15 is 0 Å². The van der Waals surface area contributed by atoms with Crippen LogP contribution >= 0.6 is 0 Å². The second-order valence-corrected chi connectivity index (χ2v) is 14.7. The van der Waals surface area contributed by atoms with Crippen LogP contribution < -0.4 is 0 Å². The number of aliphatic hydroxyl groups excluding tert-OH is 1. The molecule has 10 heteroatoms. The van der Waals surface area contributed by atoms with Gasteiger partial charge in [-0.15, -0.1) is 0 Å². The number of nitrogens with zero attached hydrogens (tertiary/aromatic N) is 1. The van der Waals surface area contributed by atoms with Crippen LogP contribution in [-0.2, 0) is 38.1 Å². The van der Waals surface area contributed by atoms with Crippen LogP contribution in [0.4, 0.5) is 0 Å². The highest BCUT2D eigenvalue weighted by Gasteiger charge is 2.26. The molecule has 1 rings (SSSR count). The zero-order valence-corrected chi connectivity index (χ0v) is 32.8. The van der Waals surface area contributed by atoms with Gasteiger partial charge in [0, 0.05) is 32.5 Å². The first kappa shape index (κ1) is 46.8. The van der Waals surface area contributed by atoms with Gasteiger partial charge < -0.3 is 24.1 Å². The minimum absolute atomic E-state index is 0.00422. The zero-order valence-electron chi connectivity index (χ0n) is 32.8. The van der Waals surface area contributed by atoms with E-state index in [-0.39, 0.29) is 69.0 Å². The van der Waals surface area contributed by atoms with Crippen molar-refractivity contribution in [1.29, 1.82) is 0 Å². The molecule has 0 aliphatic carbocycles. The van der Waals surface area contributed by atoms with E-state index in [1.807, 2.05) is 4.90 Å². The van der Waals surface area contributed by atoms with E-state index in [1.54, 1.807) is 0 Å². The average molecular weight is 726 g/mol. The topological polar surface area (TPSA) is 129 Å². The van der Waals surface area contributed by atoms with Gasteiger partial charge in [-0.3, -0.25) is 24.1 Å². The highest BCUT2D eigenvalue weighted by Crippen LogP contribution is 2.21. The Morgan fingerprint density at radius 1 is 0.549 bits per heavy atom. The fourth-order valence-corrected chi connectivity index (χ4v) is 6.23. The van der Waals surface area contributed by atoms with Crippen molar-refractivity contribution in [3.05, 3.63) is 0 Å². The van der Waals surface area contributed by atoms with E-state index in [4.69, 9.17) is 18.9 Å². The smallest absolute Gasteiger partial charge is 0.308 e. The number of aliphatic hydroxyl groups is 1. The highest BCUT2D eigenvalue weighted by atomic mass is 16.6. The number of hydrogen-bond donors (Lipinski definition) is 1. The number of esters is 4. The molecule has 10 nitrogen and oxygen atoms in total. The Morgan fingerprint density at radius 3 is 1.51 bits per heavy atom. The Kier molecular flexibility index (Phi) is 29.8. The molecule has 0 radical (unpaired) electrons. The molecular weight excluding hydrogens is 650 g/mol. The summed E-state index contributed by atoms with van der Waals surface area (Å²) in [5.74, 6) is -1.88. The van der Waals surface area contributed by atoms with Crippen molar-refractivity contribution in [2.45, 2.75) is 181 Å². The van der Waals surface area contributed by atoms with E-state index in [0.29, 0.717) is 39.1 Å². The molecule has 2 atom stereocenters. The summed E-state index contributed by atoms with van der Waals surface area (Å²) in [6, 6.07) is 0. The van der Waals surface area contributed by atoms with Gasteiger partial charge in [0.2, 0.25) is 0 Å². The first-order valence-electron chi connectivity index (χ1n) is 20.8. The Morgan fingerprint density at radius 2 is 0.980 bits per heavy atom. The molecular formula is C41H75NO9. The summed E-state index contributed by atoms with van der Waals surface area (Å²) in [7, 11) is 0. The SMILES string of the molecule is CCCCCCCCCOC(=O)CCCCC(=O)OCC(COC(=O)CCN1CC(O)C1)COC(=O)C(CCCCCC)CCCCCCCC. The molecule has 0 bridgehead atoms. The summed E-state index contributed by atoms with van der Waals surface area (Å²) in [4.78, 5) is 52.3. The molecule has 2 unspecified atom stereocenters. The molecule has 0 aromatic rings. The van der Waals surface area contributed by atoms with E-state index in [2.05, 4.69) is 20.8 Å². The summed E-state index contributed by atoms with van der Waals surface area (Å²) in [5.41, 5.74) is 0. The van der Waals surface area contributed by atoms with E-state index in [1.165, 1.54) is 57.8 Å². The van der Waals surface area contributed by atoms with Gasteiger partial charge in [-0.25, -0.2) is 0 Å². The number of carbonyl (C=O) groups is 4. The number of β-amino-alcohol motifs (C(OH)–C–C–N with tert-alkyl or cyclic N) is 1. The van der Waals surface area contributed by atoms with Crippen LogP contribution in [0.15, 0.2) is 0 Å². The maximum absolute atomic E-state index is 13.3. The lowest BCUT2D eigenvalue weighted by atomic mass is 9.94. The van der Waals surface area contributed by atoms with Gasteiger partial charge >= 0.3 is 23.9 Å². The van der Waals surface area contributed by atoms with E-state index < -0.39 is 11.9 Å². The normalized spacial score (nSPS) is 14.4. The van der Waals surface area contributed by atoms with Crippen LogP contribution in [0.25, 0.3) is 0 Å². The van der Waals surface area contributed by atoms with Crippen molar-refractivity contribution < 1.29 is 43.2 Å². The Hall–Kier alpha value is -2.20. The summed E-state index contributed by atoms with van der Waals surface area (Å²) < 4.78 is 22.2. The van der Waals surface area contributed by atoms with Crippen molar-refractivity contribution >= 4 is 23.9 Å². The third-order valence-electron chi connectivity index (χ3n) is 9.66. The molecule has 1 heterocycles. The largest absolute Gasteiger partial charge is 0.466 e. The lowest BCUT2D eigenvalue weighted by Gasteiger charge is -2.35. The number of ether oxygens (including phenoxy) is 4. The van der Waals surface area contributed by atoms with Crippen molar-refractivity contribution in [1.82, 2.24) is 4.90 Å². The first-order valence-corrected chi connectivity index (χ1v) is 20.8. The standard InChI is InChI=1S/C41H75NO9/c1-4-7-10-13-15-17-22-29-48-38(44)25-20-21-26-39(45)49-32-35(33-50-40(46)27-28-42-30-37(43)31-42)34-51-41(47)36(23-18-12-9-6-3)24-19-16-14-11-8-5-2/h35-37,43H,4-34H2,1-3H3. The van der Waals surface area contributed by atoms with E-state index in [0.717, 1.165) is 64.2 Å². The number of likely N-dealkylation sites (tertiary alicyclic amines) is 1. The lowest BCUT2D eigenvalue weighted by molar-refractivity contribution is -0.156. The van der Waals surface area contributed by atoms with Crippen LogP contribution in [0.5, 0.6) is 0 Å². The molecule has 1 aliphatic heterocycles. The quantitative estimate of drug-likeness (QED) is 0.0386. The molecule has 0 aromatic heterocycles. The number of carbonyl (C=O) groups excluding carboxylic acids is 4. The van der Waals surface area contributed by atoms with Gasteiger partial charge in [0.05, 0.1) is 31.0 Å². The number of unbranched alkanes of at least 4 members (excludes halogenated alkanes) is 15. The van der Waals surface area contributed by atoms with Crippen molar-refractivity contribution in [3.63, 3.8) is 0 Å².